The van der Waals surface area contributed by atoms with Crippen molar-refractivity contribution in [2.24, 2.45) is 16.2 Å². The summed E-state index contributed by atoms with van der Waals surface area (Å²) in [7, 11) is 0. The van der Waals surface area contributed by atoms with E-state index in [1.807, 2.05) is 52.1 Å². The Morgan fingerprint density at radius 1 is 0.750 bits per heavy atom. The number of carbonyl (C=O) groups is 2. The Balaban J connectivity index is 0. The molecule has 0 radical (unpaired) electrons. The maximum Gasteiger partial charge on any atom is 0.405 e. The van der Waals surface area contributed by atoms with Crippen molar-refractivity contribution in [3.8, 4) is 0 Å². The smallest absolute Gasteiger partial charge is 0.405 e. The van der Waals surface area contributed by atoms with Crippen LogP contribution in [0, 0.1) is 16.2 Å². The molecule has 8 heteroatoms. The number of nitrogens with zero attached hydrogens (tertiary/aromatic N) is 1. The third kappa shape index (κ3) is 16.6. The van der Waals surface area contributed by atoms with Crippen molar-refractivity contribution in [1.29, 1.82) is 0 Å². The molecule has 2 aromatic carbocycles. The number of amides is 1. The third-order valence-corrected chi connectivity index (χ3v) is 5.55. The average molecular weight is 737 g/mol. The molecule has 0 spiro atoms. The van der Waals surface area contributed by atoms with Gasteiger partial charge in [-0.1, -0.05) is 97.9 Å². The molecular formula is C32H51N3O4Pt. The number of aromatic nitrogens is 1. The Labute approximate surface area is 255 Å². The van der Waals surface area contributed by atoms with E-state index in [1.165, 1.54) is 16.2 Å². The van der Waals surface area contributed by atoms with Gasteiger partial charge in [0, 0.05) is 43.6 Å². The summed E-state index contributed by atoms with van der Waals surface area (Å²) >= 11 is 0. The van der Waals surface area contributed by atoms with Gasteiger partial charge >= 0.3 is 12.1 Å². The van der Waals surface area contributed by atoms with Gasteiger partial charge in [-0.05, 0) is 54.4 Å². The first-order chi connectivity index (χ1) is 17.2. The summed E-state index contributed by atoms with van der Waals surface area (Å²) in [6.45, 7) is 20.5. The number of para-hydroxylation sites is 1. The summed E-state index contributed by atoms with van der Waals surface area (Å²) in [5.74, 6) is -0.704. The van der Waals surface area contributed by atoms with Gasteiger partial charge in [-0.2, -0.15) is 0 Å². The molecule has 228 valence electrons. The van der Waals surface area contributed by atoms with E-state index >= 15 is 0 Å². The fraction of sp³-hybridized carbons (Fsp3) is 0.531. The molecule has 6 N–H and O–H groups in total. The molecule has 3 aromatic rings. The van der Waals surface area contributed by atoms with Crippen LogP contribution in [0.5, 0.6) is 0 Å². The van der Waals surface area contributed by atoms with E-state index in [0.717, 1.165) is 18.4 Å². The van der Waals surface area contributed by atoms with Gasteiger partial charge in [-0.3, -0.25) is 9.78 Å². The molecule has 40 heavy (non-hydrogen) atoms. The van der Waals surface area contributed by atoms with Crippen LogP contribution in [0.3, 0.4) is 0 Å². The number of hydrogen-bond acceptors (Lipinski definition) is 4. The summed E-state index contributed by atoms with van der Waals surface area (Å²) in [6, 6.07) is 16.6. The fourth-order valence-electron chi connectivity index (χ4n) is 5.37. The monoisotopic (exact) mass is 736 g/mol. The molecule has 0 fully saturated rings. The zero-order valence-corrected chi connectivity index (χ0v) is 28.3. The number of carboxylic acids is 1. The summed E-state index contributed by atoms with van der Waals surface area (Å²) in [5.41, 5.74) is 0.977. The molecule has 0 unspecified atom stereocenters. The fourth-order valence-corrected chi connectivity index (χ4v) is 5.37. The minimum atomic E-state index is -0.954. The molecule has 0 atom stereocenters. The van der Waals surface area contributed by atoms with Crippen molar-refractivity contribution in [3.63, 3.8) is 0 Å². The second-order valence-electron chi connectivity index (χ2n) is 13.9. The summed E-state index contributed by atoms with van der Waals surface area (Å²) in [4.78, 5) is 25.3. The molecule has 0 bridgehead atoms. The Bertz CT molecular complexity index is 1120. The minimum absolute atomic E-state index is 0. The molecule has 1 aromatic heterocycles. The van der Waals surface area contributed by atoms with Crippen LogP contribution in [-0.2, 0) is 25.9 Å². The number of pyridine rings is 1. The molecule has 1 amide bonds. The van der Waals surface area contributed by atoms with Gasteiger partial charge in [0.1, 0.15) is 0 Å². The van der Waals surface area contributed by atoms with Gasteiger partial charge in [0.05, 0.1) is 11.9 Å². The summed E-state index contributed by atoms with van der Waals surface area (Å²) in [5, 5.41) is 23.4. The number of carboxylic acid groups (broad SMARTS) is 2. The largest absolute Gasteiger partial charge is 0.481 e. The zero-order chi connectivity index (χ0) is 29.4. The van der Waals surface area contributed by atoms with Crippen LogP contribution in [0.25, 0.3) is 21.7 Å². The second-order valence-corrected chi connectivity index (χ2v) is 13.9. The molecule has 0 aliphatic carbocycles. The molecule has 0 aliphatic rings. The van der Waals surface area contributed by atoms with Crippen LogP contribution in [0.15, 0.2) is 54.7 Å². The Morgan fingerprint density at radius 2 is 1.23 bits per heavy atom. The first-order valence-electron chi connectivity index (χ1n) is 13.2. The topological polar surface area (TPSA) is 135 Å². The first kappa shape index (κ1) is 39.6. The molecule has 1 heterocycles. The van der Waals surface area contributed by atoms with Crippen molar-refractivity contribution in [3.05, 3.63) is 54.7 Å². The van der Waals surface area contributed by atoms with E-state index in [4.69, 9.17) is 10.2 Å². The van der Waals surface area contributed by atoms with Crippen molar-refractivity contribution in [2.75, 3.05) is 0 Å². The number of nitrogens with one attached hydrogen (secondary N) is 1. The van der Waals surface area contributed by atoms with Crippen LogP contribution >= 0.6 is 0 Å². The first-order valence-corrected chi connectivity index (χ1v) is 13.2. The van der Waals surface area contributed by atoms with Crippen molar-refractivity contribution in [1.82, 2.24) is 16.5 Å². The van der Waals surface area contributed by atoms with E-state index in [-0.39, 0.29) is 55.4 Å². The number of fused-ring (bicyclic) bond motifs is 3. The normalized spacial score (nSPS) is 11.6. The third-order valence-electron chi connectivity index (χ3n) is 5.55. The van der Waals surface area contributed by atoms with Crippen LogP contribution in [0.4, 0.5) is 4.79 Å². The predicted molar refractivity (Wildman–Crippen MR) is 164 cm³/mol. The molecule has 0 saturated carbocycles. The Kier molecular flexibility index (Phi) is 15.9. The summed E-state index contributed by atoms with van der Waals surface area (Å²) in [6.07, 6.45) is 2.99. The van der Waals surface area contributed by atoms with Crippen LogP contribution < -0.4 is 11.5 Å². The van der Waals surface area contributed by atoms with Crippen molar-refractivity contribution in [2.45, 2.75) is 94.0 Å². The van der Waals surface area contributed by atoms with Crippen LogP contribution in [0.2, 0.25) is 0 Å². The Morgan fingerprint density at radius 3 is 1.70 bits per heavy atom. The number of aliphatic carboxylic acids is 1. The maximum absolute atomic E-state index is 10.5. The number of hydrogen-bond donors (Lipinski definition) is 4. The van der Waals surface area contributed by atoms with Crippen LogP contribution in [0.1, 0.15) is 88.5 Å². The van der Waals surface area contributed by atoms with Crippen molar-refractivity contribution >= 4 is 33.7 Å². The van der Waals surface area contributed by atoms with Gasteiger partial charge in [0.25, 0.3) is 0 Å². The molecule has 0 aliphatic heterocycles. The maximum atomic E-state index is 10.5. The SMILES string of the molecule is CC(C)(C)CC(C)(C)CC(=O)O.CC(C)(C)CC(C)(C)NC(=O)O.N.[Pt].c1ccc2c(c1)cnc1ccccc12. The van der Waals surface area contributed by atoms with E-state index in [1.54, 1.807) is 0 Å². The number of benzene rings is 2. The second kappa shape index (κ2) is 16.1. The van der Waals surface area contributed by atoms with E-state index in [0.29, 0.717) is 0 Å². The number of rotatable bonds is 5. The minimum Gasteiger partial charge on any atom is -0.481 e. The summed E-state index contributed by atoms with van der Waals surface area (Å²) < 4.78 is 0. The van der Waals surface area contributed by atoms with E-state index in [2.05, 4.69) is 82.2 Å². The predicted octanol–water partition coefficient (Wildman–Crippen LogP) is 8.94. The van der Waals surface area contributed by atoms with Gasteiger partial charge < -0.3 is 21.7 Å². The van der Waals surface area contributed by atoms with Crippen molar-refractivity contribution < 1.29 is 40.9 Å². The van der Waals surface area contributed by atoms with Crippen LogP contribution in [-0.4, -0.2) is 32.8 Å². The quantitative estimate of drug-likeness (QED) is 0.193. The average Bonchev–Trinajstić information content (AvgIpc) is 2.69. The van der Waals surface area contributed by atoms with Gasteiger partial charge in [0.15, 0.2) is 0 Å². The van der Waals surface area contributed by atoms with Gasteiger partial charge in [-0.15, -0.1) is 0 Å². The molecule has 3 rings (SSSR count). The Hall–Kier alpha value is -2.50. The van der Waals surface area contributed by atoms with Gasteiger partial charge in [-0.25, -0.2) is 4.79 Å². The van der Waals surface area contributed by atoms with E-state index in [9.17, 15) is 9.59 Å². The molecular weight excluding hydrogens is 685 g/mol. The van der Waals surface area contributed by atoms with E-state index < -0.39 is 12.1 Å². The molecule has 7 nitrogen and oxygen atoms in total. The van der Waals surface area contributed by atoms with Gasteiger partial charge in [0.2, 0.25) is 0 Å². The standard InChI is InChI=1S/C13H9N.C10H20O2.C9H19NO2.H3N.Pt/c1-2-6-11-10(5-1)9-14-13-8-4-3-7-12(11)13;1-9(2,3)7-10(4,5)6-8(11)12;1-8(2,3)6-9(4,5)10-7(11)12;;/h1-9H;6-7H2,1-5H3,(H,11,12);10H,6H2,1-5H3,(H,11,12);1H3;. The molecule has 0 saturated heterocycles. The zero-order valence-electron chi connectivity index (χ0n) is 26.0.